The number of carbonyl (C=O) groups is 5. The molecule has 3 N–H and O–H groups in total. The van der Waals surface area contributed by atoms with Gasteiger partial charge in [0.05, 0.1) is 0 Å². The number of hydrogen-bond acceptors (Lipinski definition) is 5. The first-order valence-electron chi connectivity index (χ1n) is 10.2. The number of amides is 5. The molecule has 0 bridgehead atoms. The monoisotopic (exact) mass is 430 g/mol. The number of imide groups is 1. The van der Waals surface area contributed by atoms with Gasteiger partial charge in [-0.15, -0.1) is 0 Å². The standard InChI is InChI=1S/C22H30N4O5/c1-3-7-21(30)26(16-28)13-6-4-5-8-20(29)23-14-18-9-11-19(12-10-18)25-22(31)17(2)24-15-27/h3,7,9-12,15-17H,4-6,8,13-14H2,1-2H3,(H,23,29)(H,24,27)(H,25,31)/b7-3-/t17-/m0/s1. The number of benzene rings is 1. The second-order valence-corrected chi connectivity index (χ2v) is 6.92. The van der Waals surface area contributed by atoms with E-state index in [9.17, 15) is 24.0 Å². The second kappa shape index (κ2) is 14.5. The van der Waals surface area contributed by atoms with Gasteiger partial charge < -0.3 is 16.0 Å². The van der Waals surface area contributed by atoms with Crippen LogP contribution in [-0.4, -0.2) is 48.0 Å². The van der Waals surface area contributed by atoms with E-state index < -0.39 is 6.04 Å². The topological polar surface area (TPSA) is 125 Å². The quantitative estimate of drug-likeness (QED) is 0.234. The molecule has 168 valence electrons. The van der Waals surface area contributed by atoms with E-state index in [2.05, 4.69) is 16.0 Å². The van der Waals surface area contributed by atoms with E-state index in [1.165, 1.54) is 6.08 Å². The molecular weight excluding hydrogens is 400 g/mol. The fraction of sp³-hybridized carbons (Fsp3) is 0.409. The van der Waals surface area contributed by atoms with Gasteiger partial charge in [-0.25, -0.2) is 0 Å². The average Bonchev–Trinajstić information content (AvgIpc) is 2.76. The summed E-state index contributed by atoms with van der Waals surface area (Å²) >= 11 is 0. The number of rotatable bonds is 14. The molecule has 0 radical (unpaired) electrons. The molecule has 0 aliphatic carbocycles. The van der Waals surface area contributed by atoms with Crippen molar-refractivity contribution in [1.29, 1.82) is 0 Å². The van der Waals surface area contributed by atoms with Crippen LogP contribution in [0.4, 0.5) is 5.69 Å². The van der Waals surface area contributed by atoms with Gasteiger partial charge in [-0.2, -0.15) is 0 Å². The van der Waals surface area contributed by atoms with Crippen molar-refractivity contribution >= 4 is 36.2 Å². The third kappa shape index (κ3) is 10.2. The minimum atomic E-state index is -0.633. The number of unbranched alkanes of at least 4 members (excludes halogenated alkanes) is 2. The maximum atomic E-state index is 12.0. The van der Waals surface area contributed by atoms with Gasteiger partial charge in [-0.05, 0) is 50.5 Å². The van der Waals surface area contributed by atoms with Crippen molar-refractivity contribution in [1.82, 2.24) is 15.5 Å². The zero-order chi connectivity index (χ0) is 23.1. The van der Waals surface area contributed by atoms with E-state index in [0.717, 1.165) is 16.9 Å². The van der Waals surface area contributed by atoms with E-state index >= 15 is 0 Å². The molecule has 0 saturated carbocycles. The predicted molar refractivity (Wildman–Crippen MR) is 117 cm³/mol. The fourth-order valence-electron chi connectivity index (χ4n) is 2.62. The van der Waals surface area contributed by atoms with E-state index in [4.69, 9.17) is 0 Å². The Bertz CT molecular complexity index is 777. The zero-order valence-corrected chi connectivity index (χ0v) is 17.9. The Morgan fingerprint density at radius 3 is 2.39 bits per heavy atom. The van der Waals surface area contributed by atoms with Crippen LogP contribution in [-0.2, 0) is 30.5 Å². The van der Waals surface area contributed by atoms with Gasteiger partial charge in [0.25, 0.3) is 5.91 Å². The van der Waals surface area contributed by atoms with E-state index in [1.54, 1.807) is 44.2 Å². The normalized spacial score (nSPS) is 11.4. The minimum Gasteiger partial charge on any atom is -0.352 e. The van der Waals surface area contributed by atoms with Crippen molar-refractivity contribution in [3.63, 3.8) is 0 Å². The highest BCUT2D eigenvalue weighted by Crippen LogP contribution is 2.10. The van der Waals surface area contributed by atoms with Crippen LogP contribution >= 0.6 is 0 Å². The largest absolute Gasteiger partial charge is 0.352 e. The molecule has 0 heterocycles. The van der Waals surface area contributed by atoms with Gasteiger partial charge in [-0.1, -0.05) is 24.6 Å². The highest BCUT2D eigenvalue weighted by molar-refractivity contribution is 5.95. The van der Waals surface area contributed by atoms with Crippen molar-refractivity contribution in [3.8, 4) is 0 Å². The van der Waals surface area contributed by atoms with E-state index in [1.807, 2.05) is 0 Å². The van der Waals surface area contributed by atoms with Crippen molar-refractivity contribution < 1.29 is 24.0 Å². The van der Waals surface area contributed by atoms with Crippen LogP contribution in [0.1, 0.15) is 45.1 Å². The van der Waals surface area contributed by atoms with Crippen LogP contribution in [0.5, 0.6) is 0 Å². The summed E-state index contributed by atoms with van der Waals surface area (Å²) in [6.07, 6.45) is 6.31. The number of carbonyl (C=O) groups excluding carboxylic acids is 5. The highest BCUT2D eigenvalue weighted by Gasteiger charge is 2.11. The molecule has 1 atom stereocenters. The van der Waals surface area contributed by atoms with Gasteiger partial charge in [0, 0.05) is 25.2 Å². The Balaban J connectivity index is 2.27. The first kappa shape index (κ1) is 25.5. The molecule has 0 aromatic heterocycles. The molecule has 0 aliphatic heterocycles. The van der Waals surface area contributed by atoms with Crippen LogP contribution in [0.25, 0.3) is 0 Å². The molecule has 0 fully saturated rings. The molecular formula is C22H30N4O5. The Morgan fingerprint density at radius 2 is 1.77 bits per heavy atom. The summed E-state index contributed by atoms with van der Waals surface area (Å²) in [6, 6.07) is 6.40. The van der Waals surface area contributed by atoms with Crippen molar-refractivity contribution in [2.24, 2.45) is 0 Å². The molecule has 5 amide bonds. The third-order valence-electron chi connectivity index (χ3n) is 4.44. The smallest absolute Gasteiger partial charge is 0.252 e. The van der Waals surface area contributed by atoms with Crippen LogP contribution in [0, 0.1) is 0 Å². The van der Waals surface area contributed by atoms with Crippen LogP contribution in [0.2, 0.25) is 0 Å². The molecule has 1 aromatic rings. The van der Waals surface area contributed by atoms with Crippen LogP contribution < -0.4 is 16.0 Å². The fourth-order valence-corrected chi connectivity index (χ4v) is 2.62. The van der Waals surface area contributed by atoms with Gasteiger partial charge in [0.1, 0.15) is 6.04 Å². The second-order valence-electron chi connectivity index (χ2n) is 6.92. The Kier molecular flexibility index (Phi) is 11.9. The van der Waals surface area contributed by atoms with Crippen molar-refractivity contribution in [2.75, 3.05) is 11.9 Å². The summed E-state index contributed by atoms with van der Waals surface area (Å²) in [5.41, 5.74) is 1.48. The van der Waals surface area contributed by atoms with Gasteiger partial charge >= 0.3 is 0 Å². The van der Waals surface area contributed by atoms with E-state index in [-0.39, 0.29) is 17.7 Å². The summed E-state index contributed by atoms with van der Waals surface area (Å²) in [6.45, 7) is 3.99. The summed E-state index contributed by atoms with van der Waals surface area (Å²) in [7, 11) is 0. The molecule has 9 nitrogen and oxygen atoms in total. The lowest BCUT2D eigenvalue weighted by molar-refractivity contribution is -0.134. The lowest BCUT2D eigenvalue weighted by Gasteiger charge is -2.13. The Hall–Kier alpha value is -3.49. The maximum absolute atomic E-state index is 12.0. The van der Waals surface area contributed by atoms with Crippen molar-refractivity contribution in [2.45, 2.75) is 52.1 Å². The maximum Gasteiger partial charge on any atom is 0.252 e. The summed E-state index contributed by atoms with van der Waals surface area (Å²) in [4.78, 5) is 57.8. The number of nitrogens with one attached hydrogen (secondary N) is 3. The number of hydrogen-bond donors (Lipinski definition) is 3. The third-order valence-corrected chi connectivity index (χ3v) is 4.44. The first-order chi connectivity index (χ1) is 14.9. The van der Waals surface area contributed by atoms with E-state index in [0.29, 0.717) is 50.9 Å². The van der Waals surface area contributed by atoms with Crippen LogP contribution in [0.3, 0.4) is 0 Å². The lowest BCUT2D eigenvalue weighted by atomic mass is 10.1. The highest BCUT2D eigenvalue weighted by atomic mass is 16.2. The minimum absolute atomic E-state index is 0.0802. The molecule has 31 heavy (non-hydrogen) atoms. The van der Waals surface area contributed by atoms with Crippen LogP contribution in [0.15, 0.2) is 36.4 Å². The number of anilines is 1. The molecule has 0 spiro atoms. The van der Waals surface area contributed by atoms with Gasteiger partial charge in [0.2, 0.25) is 24.6 Å². The summed E-state index contributed by atoms with van der Waals surface area (Å²) in [5, 5.41) is 7.90. The summed E-state index contributed by atoms with van der Waals surface area (Å²) in [5.74, 6) is -0.744. The Morgan fingerprint density at radius 1 is 1.06 bits per heavy atom. The SMILES string of the molecule is C/C=C\C(=O)N(C=O)CCCCCC(=O)NCc1ccc(NC(=O)[C@H](C)NC=O)cc1. The van der Waals surface area contributed by atoms with Gasteiger partial charge in [0.15, 0.2) is 0 Å². The molecule has 0 saturated heterocycles. The first-order valence-corrected chi connectivity index (χ1v) is 10.2. The Labute approximate surface area is 182 Å². The number of nitrogens with zero attached hydrogens (tertiary/aromatic N) is 1. The molecule has 1 aromatic carbocycles. The lowest BCUT2D eigenvalue weighted by Crippen LogP contribution is -2.37. The van der Waals surface area contributed by atoms with Gasteiger partial charge in [-0.3, -0.25) is 28.9 Å². The molecule has 1 rings (SSSR count). The average molecular weight is 431 g/mol. The molecule has 0 aliphatic rings. The molecule has 9 heteroatoms. The van der Waals surface area contributed by atoms with Crippen molar-refractivity contribution in [3.05, 3.63) is 42.0 Å². The molecule has 0 unspecified atom stereocenters. The zero-order valence-electron chi connectivity index (χ0n) is 17.9. The predicted octanol–water partition coefficient (Wildman–Crippen LogP) is 1.50. The summed E-state index contributed by atoms with van der Waals surface area (Å²) < 4.78 is 0. The number of allylic oxidation sites excluding steroid dienone is 1.